The number of hydrogen-bond acceptors (Lipinski definition) is 3. The van der Waals surface area contributed by atoms with Gasteiger partial charge < -0.3 is 0 Å². The Bertz CT molecular complexity index is 533. The number of likely N-dealkylation sites (N-methyl/N-ethyl adjacent to an activating group) is 1. The lowest BCUT2D eigenvalue weighted by Crippen LogP contribution is -2.56. The Morgan fingerprint density at radius 1 is 1.10 bits per heavy atom. The highest BCUT2D eigenvalue weighted by molar-refractivity contribution is 7.89. The summed E-state index contributed by atoms with van der Waals surface area (Å²) in [7, 11) is -1.07. The van der Waals surface area contributed by atoms with Crippen molar-refractivity contribution in [2.75, 3.05) is 25.9 Å². The number of piperazine rings is 1. The van der Waals surface area contributed by atoms with E-state index in [-0.39, 0.29) is 17.8 Å². The van der Waals surface area contributed by atoms with Crippen LogP contribution in [0.15, 0.2) is 30.3 Å². The predicted octanol–water partition coefficient (Wildman–Crippen LogP) is 1.97. The summed E-state index contributed by atoms with van der Waals surface area (Å²) in [6.45, 7) is 5.38. The molecule has 0 N–H and O–H groups in total. The van der Waals surface area contributed by atoms with Crippen molar-refractivity contribution in [3.8, 4) is 0 Å². The first kappa shape index (κ1) is 16.5. The largest absolute Gasteiger partial charge is 0.298 e. The minimum Gasteiger partial charge on any atom is -0.298 e. The van der Waals surface area contributed by atoms with Gasteiger partial charge in [-0.1, -0.05) is 30.3 Å². The monoisotopic (exact) mass is 310 g/mol. The molecular weight excluding hydrogens is 284 g/mol. The van der Waals surface area contributed by atoms with Gasteiger partial charge in [-0.05, 0) is 39.3 Å². The lowest BCUT2D eigenvalue weighted by atomic mass is 10.1. The van der Waals surface area contributed by atoms with Crippen LogP contribution in [-0.4, -0.2) is 55.6 Å². The zero-order valence-corrected chi connectivity index (χ0v) is 14.0. The van der Waals surface area contributed by atoms with E-state index in [1.807, 2.05) is 30.3 Å². The highest BCUT2D eigenvalue weighted by Gasteiger charge is 2.32. The van der Waals surface area contributed by atoms with Gasteiger partial charge in [-0.15, -0.1) is 0 Å². The zero-order valence-electron chi connectivity index (χ0n) is 13.2. The SMILES string of the molecule is CC1CN(S(=O)(=O)CCCc2ccccc2)CC(C)N1C. The van der Waals surface area contributed by atoms with Crippen LogP contribution < -0.4 is 0 Å². The highest BCUT2D eigenvalue weighted by atomic mass is 32.2. The smallest absolute Gasteiger partial charge is 0.214 e. The molecule has 2 unspecified atom stereocenters. The van der Waals surface area contributed by atoms with Gasteiger partial charge in [-0.2, -0.15) is 4.31 Å². The number of benzene rings is 1. The van der Waals surface area contributed by atoms with Gasteiger partial charge in [0.05, 0.1) is 5.75 Å². The van der Waals surface area contributed by atoms with E-state index >= 15 is 0 Å². The molecule has 1 aliphatic rings. The zero-order chi connectivity index (χ0) is 15.5. The van der Waals surface area contributed by atoms with E-state index in [0.717, 1.165) is 6.42 Å². The molecule has 1 aromatic rings. The van der Waals surface area contributed by atoms with E-state index in [4.69, 9.17) is 0 Å². The van der Waals surface area contributed by atoms with E-state index in [0.29, 0.717) is 19.5 Å². The molecule has 1 heterocycles. The molecule has 1 saturated heterocycles. The molecule has 0 aliphatic carbocycles. The summed E-state index contributed by atoms with van der Waals surface area (Å²) in [5.74, 6) is 0.241. The van der Waals surface area contributed by atoms with Crippen LogP contribution in [0.1, 0.15) is 25.8 Å². The Hall–Kier alpha value is -0.910. The Kier molecular flexibility index (Phi) is 5.41. The summed E-state index contributed by atoms with van der Waals surface area (Å²) in [5.41, 5.74) is 1.20. The maximum Gasteiger partial charge on any atom is 0.214 e. The fraction of sp³-hybridized carbons (Fsp3) is 0.625. The number of nitrogens with zero attached hydrogens (tertiary/aromatic N) is 2. The van der Waals surface area contributed by atoms with Crippen molar-refractivity contribution in [1.29, 1.82) is 0 Å². The summed E-state index contributed by atoms with van der Waals surface area (Å²) in [6, 6.07) is 10.6. The Morgan fingerprint density at radius 2 is 1.67 bits per heavy atom. The molecular formula is C16H26N2O2S. The molecule has 118 valence electrons. The average Bonchev–Trinajstić information content (AvgIpc) is 2.45. The highest BCUT2D eigenvalue weighted by Crippen LogP contribution is 2.17. The normalized spacial score (nSPS) is 25.1. The van der Waals surface area contributed by atoms with Crippen LogP contribution in [0.2, 0.25) is 0 Å². The summed E-state index contributed by atoms with van der Waals surface area (Å²) >= 11 is 0. The maximum atomic E-state index is 12.5. The molecule has 0 bridgehead atoms. The lowest BCUT2D eigenvalue weighted by Gasteiger charge is -2.41. The third-order valence-electron chi connectivity index (χ3n) is 4.43. The van der Waals surface area contributed by atoms with Crippen LogP contribution in [0.5, 0.6) is 0 Å². The minimum absolute atomic E-state index is 0.241. The van der Waals surface area contributed by atoms with E-state index in [2.05, 4.69) is 25.8 Å². The topological polar surface area (TPSA) is 40.6 Å². The Morgan fingerprint density at radius 3 is 2.24 bits per heavy atom. The van der Waals surface area contributed by atoms with Crippen LogP contribution in [0.3, 0.4) is 0 Å². The van der Waals surface area contributed by atoms with Crippen molar-refractivity contribution < 1.29 is 8.42 Å². The molecule has 21 heavy (non-hydrogen) atoms. The second-order valence-corrected chi connectivity index (χ2v) is 8.17. The van der Waals surface area contributed by atoms with Gasteiger partial charge in [0.15, 0.2) is 0 Å². The molecule has 0 saturated carbocycles. The molecule has 0 spiro atoms. The van der Waals surface area contributed by atoms with Gasteiger partial charge in [-0.3, -0.25) is 4.90 Å². The molecule has 2 rings (SSSR count). The van der Waals surface area contributed by atoms with Crippen molar-refractivity contribution in [3.63, 3.8) is 0 Å². The molecule has 1 fully saturated rings. The summed E-state index contributed by atoms with van der Waals surface area (Å²) in [4.78, 5) is 2.25. The van der Waals surface area contributed by atoms with Crippen molar-refractivity contribution in [1.82, 2.24) is 9.21 Å². The number of hydrogen-bond donors (Lipinski definition) is 0. The summed E-state index contributed by atoms with van der Waals surface area (Å²) < 4.78 is 26.6. The van der Waals surface area contributed by atoms with E-state index < -0.39 is 10.0 Å². The molecule has 0 radical (unpaired) electrons. The Labute approximate surface area is 128 Å². The maximum absolute atomic E-state index is 12.5. The average molecular weight is 310 g/mol. The Balaban J connectivity index is 1.90. The third-order valence-corrected chi connectivity index (χ3v) is 6.32. The van der Waals surface area contributed by atoms with Gasteiger partial charge in [0.1, 0.15) is 0 Å². The van der Waals surface area contributed by atoms with Gasteiger partial charge in [0.2, 0.25) is 10.0 Å². The summed E-state index contributed by atoms with van der Waals surface area (Å²) in [6.07, 6.45) is 1.50. The fourth-order valence-corrected chi connectivity index (χ4v) is 4.47. The van der Waals surface area contributed by atoms with Crippen molar-refractivity contribution in [3.05, 3.63) is 35.9 Å². The van der Waals surface area contributed by atoms with Crippen molar-refractivity contribution in [2.45, 2.75) is 38.8 Å². The van der Waals surface area contributed by atoms with E-state index in [1.54, 1.807) is 4.31 Å². The second kappa shape index (κ2) is 6.90. The number of aryl methyl sites for hydroxylation is 1. The first-order chi connectivity index (χ1) is 9.90. The van der Waals surface area contributed by atoms with Crippen LogP contribution in [-0.2, 0) is 16.4 Å². The standard InChI is InChI=1S/C16H26N2O2S/c1-14-12-18(13-15(2)17(14)3)21(19,20)11-7-10-16-8-5-4-6-9-16/h4-6,8-9,14-15H,7,10-13H2,1-3H3. The van der Waals surface area contributed by atoms with Crippen LogP contribution in [0, 0.1) is 0 Å². The lowest BCUT2D eigenvalue weighted by molar-refractivity contribution is 0.105. The van der Waals surface area contributed by atoms with Crippen molar-refractivity contribution in [2.24, 2.45) is 0 Å². The second-order valence-electron chi connectivity index (χ2n) is 6.09. The molecule has 1 aromatic carbocycles. The van der Waals surface area contributed by atoms with Crippen LogP contribution >= 0.6 is 0 Å². The molecule has 2 atom stereocenters. The number of rotatable bonds is 5. The third kappa shape index (κ3) is 4.28. The summed E-state index contributed by atoms with van der Waals surface area (Å²) in [5, 5.41) is 0. The fourth-order valence-electron chi connectivity index (χ4n) is 2.82. The van der Waals surface area contributed by atoms with E-state index in [1.165, 1.54) is 5.56 Å². The minimum atomic E-state index is -3.14. The van der Waals surface area contributed by atoms with Gasteiger partial charge in [0.25, 0.3) is 0 Å². The van der Waals surface area contributed by atoms with Crippen LogP contribution in [0.4, 0.5) is 0 Å². The van der Waals surface area contributed by atoms with Gasteiger partial charge in [-0.25, -0.2) is 8.42 Å². The predicted molar refractivity (Wildman–Crippen MR) is 86.8 cm³/mol. The van der Waals surface area contributed by atoms with E-state index in [9.17, 15) is 8.42 Å². The molecule has 0 aromatic heterocycles. The molecule has 0 amide bonds. The molecule has 1 aliphatic heterocycles. The number of sulfonamides is 1. The van der Waals surface area contributed by atoms with Gasteiger partial charge in [0, 0.05) is 25.2 Å². The first-order valence-corrected chi connectivity index (χ1v) is 9.25. The molecule has 5 heteroatoms. The van der Waals surface area contributed by atoms with Crippen molar-refractivity contribution >= 4 is 10.0 Å². The quantitative estimate of drug-likeness (QED) is 0.835. The molecule has 4 nitrogen and oxygen atoms in total. The van der Waals surface area contributed by atoms with Gasteiger partial charge >= 0.3 is 0 Å². The first-order valence-electron chi connectivity index (χ1n) is 7.64. The van der Waals surface area contributed by atoms with Crippen LogP contribution in [0.25, 0.3) is 0 Å².